The first-order chi connectivity index (χ1) is 17.2. The fourth-order valence-corrected chi connectivity index (χ4v) is 5.08. The molecule has 0 bridgehead atoms. The standard InChI is InChI=1S/C26H35Cl2N3O5S/c1-7-23(25(33)29-26(3,4)5)30(16-20-21(27)10-9-11-22(20)28)24(32)17-31(37(6,34)35)18-12-14-19(15-13-18)36-8-2/h9-15,23H,7-8,16-17H2,1-6H3,(H,29,33)/t23-/m1/s1. The van der Waals surface area contributed by atoms with Gasteiger partial charge in [0.2, 0.25) is 21.8 Å². The summed E-state index contributed by atoms with van der Waals surface area (Å²) in [6.07, 6.45) is 1.31. The van der Waals surface area contributed by atoms with Crippen LogP contribution in [0.2, 0.25) is 10.0 Å². The van der Waals surface area contributed by atoms with Gasteiger partial charge in [0.15, 0.2) is 0 Å². The van der Waals surface area contributed by atoms with Crippen LogP contribution in [0.3, 0.4) is 0 Å². The first-order valence-corrected chi connectivity index (χ1v) is 14.5. The molecule has 0 spiro atoms. The zero-order valence-electron chi connectivity index (χ0n) is 22.0. The number of amides is 2. The maximum absolute atomic E-state index is 13.8. The number of anilines is 1. The van der Waals surface area contributed by atoms with Crippen LogP contribution in [0, 0.1) is 0 Å². The largest absolute Gasteiger partial charge is 0.494 e. The van der Waals surface area contributed by atoms with Gasteiger partial charge < -0.3 is 15.0 Å². The molecule has 0 heterocycles. The van der Waals surface area contributed by atoms with E-state index in [9.17, 15) is 18.0 Å². The molecule has 0 aliphatic heterocycles. The Balaban J connectivity index is 2.50. The molecule has 204 valence electrons. The van der Waals surface area contributed by atoms with E-state index in [1.54, 1.807) is 49.4 Å². The second-order valence-corrected chi connectivity index (χ2v) is 12.3. The number of hydrogen-bond acceptors (Lipinski definition) is 5. The van der Waals surface area contributed by atoms with Gasteiger partial charge in [-0.25, -0.2) is 8.42 Å². The van der Waals surface area contributed by atoms with Crippen molar-refractivity contribution in [1.82, 2.24) is 10.2 Å². The Kier molecular flexibility index (Phi) is 10.7. The Bertz CT molecular complexity index is 1180. The Morgan fingerprint density at radius 1 is 1.03 bits per heavy atom. The number of carbonyl (C=O) groups is 2. The van der Waals surface area contributed by atoms with Crippen LogP contribution in [-0.2, 0) is 26.2 Å². The monoisotopic (exact) mass is 571 g/mol. The van der Waals surface area contributed by atoms with Crippen molar-refractivity contribution in [3.8, 4) is 5.75 Å². The molecular weight excluding hydrogens is 537 g/mol. The molecule has 0 saturated heterocycles. The summed E-state index contributed by atoms with van der Waals surface area (Å²) in [6.45, 7) is 9.01. The highest BCUT2D eigenvalue weighted by Gasteiger charge is 2.33. The molecular formula is C26H35Cl2N3O5S. The summed E-state index contributed by atoms with van der Waals surface area (Å²) < 4.78 is 31.9. The van der Waals surface area contributed by atoms with Gasteiger partial charge in [0.05, 0.1) is 18.6 Å². The molecule has 2 aromatic carbocycles. The smallest absolute Gasteiger partial charge is 0.244 e. The zero-order chi connectivity index (χ0) is 28.0. The normalized spacial score (nSPS) is 12.5. The van der Waals surface area contributed by atoms with Gasteiger partial charge in [-0.2, -0.15) is 0 Å². The van der Waals surface area contributed by atoms with Crippen molar-refractivity contribution in [2.45, 2.75) is 59.2 Å². The third-order valence-corrected chi connectivity index (χ3v) is 7.24. The first-order valence-electron chi connectivity index (χ1n) is 11.9. The number of ether oxygens (including phenoxy) is 1. The number of halogens is 2. The van der Waals surface area contributed by atoms with Crippen LogP contribution in [0.4, 0.5) is 5.69 Å². The molecule has 37 heavy (non-hydrogen) atoms. The second-order valence-electron chi connectivity index (χ2n) is 9.58. The predicted molar refractivity (Wildman–Crippen MR) is 149 cm³/mol. The van der Waals surface area contributed by atoms with Crippen molar-refractivity contribution in [1.29, 1.82) is 0 Å². The van der Waals surface area contributed by atoms with Crippen molar-refractivity contribution >= 4 is 50.7 Å². The zero-order valence-corrected chi connectivity index (χ0v) is 24.4. The average molecular weight is 573 g/mol. The third-order valence-electron chi connectivity index (χ3n) is 5.39. The summed E-state index contributed by atoms with van der Waals surface area (Å²) in [5.41, 5.74) is 0.220. The molecule has 0 unspecified atom stereocenters. The Morgan fingerprint density at radius 3 is 2.05 bits per heavy atom. The number of benzene rings is 2. The molecule has 0 saturated carbocycles. The lowest BCUT2D eigenvalue weighted by molar-refractivity contribution is -0.141. The molecule has 11 heteroatoms. The van der Waals surface area contributed by atoms with E-state index in [-0.39, 0.29) is 18.9 Å². The number of hydrogen-bond donors (Lipinski definition) is 1. The van der Waals surface area contributed by atoms with Crippen LogP contribution in [0.15, 0.2) is 42.5 Å². The van der Waals surface area contributed by atoms with Gasteiger partial charge in [-0.15, -0.1) is 0 Å². The van der Waals surface area contributed by atoms with Crippen LogP contribution in [-0.4, -0.2) is 56.1 Å². The molecule has 0 aliphatic carbocycles. The highest BCUT2D eigenvalue weighted by molar-refractivity contribution is 7.92. The fraction of sp³-hybridized carbons (Fsp3) is 0.462. The molecule has 0 fully saturated rings. The van der Waals surface area contributed by atoms with Crippen LogP contribution < -0.4 is 14.4 Å². The summed E-state index contributed by atoms with van der Waals surface area (Å²) in [4.78, 5) is 28.3. The number of sulfonamides is 1. The lowest BCUT2D eigenvalue weighted by Gasteiger charge is -2.34. The highest BCUT2D eigenvalue weighted by Crippen LogP contribution is 2.28. The SMILES string of the molecule is CCOc1ccc(N(CC(=O)N(Cc2c(Cl)cccc2Cl)[C@H](CC)C(=O)NC(C)(C)C)S(C)(=O)=O)cc1. The van der Waals surface area contributed by atoms with Crippen molar-refractivity contribution in [2.75, 3.05) is 23.7 Å². The van der Waals surface area contributed by atoms with E-state index >= 15 is 0 Å². The van der Waals surface area contributed by atoms with Gasteiger partial charge in [0, 0.05) is 27.7 Å². The van der Waals surface area contributed by atoms with E-state index in [4.69, 9.17) is 27.9 Å². The van der Waals surface area contributed by atoms with Crippen molar-refractivity contribution < 1.29 is 22.7 Å². The van der Waals surface area contributed by atoms with E-state index in [0.29, 0.717) is 33.7 Å². The quantitative estimate of drug-likeness (QED) is 0.414. The lowest BCUT2D eigenvalue weighted by Crippen LogP contribution is -2.55. The van der Waals surface area contributed by atoms with Gasteiger partial charge in [-0.05, 0) is 70.5 Å². The van der Waals surface area contributed by atoms with Gasteiger partial charge in [-0.3, -0.25) is 13.9 Å². The van der Waals surface area contributed by atoms with Gasteiger partial charge >= 0.3 is 0 Å². The van der Waals surface area contributed by atoms with Crippen LogP contribution in [0.1, 0.15) is 46.6 Å². The third kappa shape index (κ3) is 8.79. The Labute approximate surface area is 229 Å². The minimum atomic E-state index is -3.85. The number of nitrogens with zero attached hydrogens (tertiary/aromatic N) is 2. The minimum absolute atomic E-state index is 0.0751. The Hall–Kier alpha value is -2.49. The van der Waals surface area contributed by atoms with E-state index in [0.717, 1.165) is 10.6 Å². The van der Waals surface area contributed by atoms with Gasteiger partial charge in [-0.1, -0.05) is 36.2 Å². The van der Waals surface area contributed by atoms with Crippen molar-refractivity contribution in [3.05, 3.63) is 58.1 Å². The van der Waals surface area contributed by atoms with Crippen LogP contribution in [0.25, 0.3) is 0 Å². The van der Waals surface area contributed by atoms with E-state index in [1.165, 1.54) is 4.90 Å². The van der Waals surface area contributed by atoms with E-state index in [1.807, 2.05) is 27.7 Å². The van der Waals surface area contributed by atoms with Gasteiger partial charge in [0.25, 0.3) is 0 Å². The van der Waals surface area contributed by atoms with Crippen LogP contribution >= 0.6 is 23.2 Å². The van der Waals surface area contributed by atoms with Gasteiger partial charge in [0.1, 0.15) is 18.3 Å². The second kappa shape index (κ2) is 12.8. The Morgan fingerprint density at radius 2 is 1.59 bits per heavy atom. The lowest BCUT2D eigenvalue weighted by atomic mass is 10.1. The molecule has 2 amide bonds. The maximum atomic E-state index is 13.8. The first kappa shape index (κ1) is 30.7. The molecule has 1 atom stereocenters. The molecule has 2 aromatic rings. The molecule has 1 N–H and O–H groups in total. The highest BCUT2D eigenvalue weighted by atomic mass is 35.5. The predicted octanol–water partition coefficient (Wildman–Crippen LogP) is 4.88. The summed E-state index contributed by atoms with van der Waals surface area (Å²) in [7, 11) is -3.85. The fourth-order valence-electron chi connectivity index (χ4n) is 3.72. The summed E-state index contributed by atoms with van der Waals surface area (Å²) in [5, 5.41) is 3.58. The molecule has 2 rings (SSSR count). The summed E-state index contributed by atoms with van der Waals surface area (Å²) in [6, 6.07) is 10.5. The van der Waals surface area contributed by atoms with E-state index < -0.39 is 34.1 Å². The van der Waals surface area contributed by atoms with Crippen molar-refractivity contribution in [2.24, 2.45) is 0 Å². The molecule has 0 aromatic heterocycles. The average Bonchev–Trinajstić information content (AvgIpc) is 2.78. The molecule has 0 radical (unpaired) electrons. The summed E-state index contributed by atoms with van der Waals surface area (Å²) >= 11 is 12.8. The summed E-state index contributed by atoms with van der Waals surface area (Å²) in [5.74, 6) is -0.365. The number of nitrogens with one attached hydrogen (secondary N) is 1. The number of rotatable bonds is 11. The minimum Gasteiger partial charge on any atom is -0.494 e. The molecule has 8 nitrogen and oxygen atoms in total. The van der Waals surface area contributed by atoms with Crippen LogP contribution in [0.5, 0.6) is 5.75 Å². The topological polar surface area (TPSA) is 96.0 Å². The maximum Gasteiger partial charge on any atom is 0.244 e. The molecule has 0 aliphatic rings. The van der Waals surface area contributed by atoms with Crippen molar-refractivity contribution in [3.63, 3.8) is 0 Å². The van der Waals surface area contributed by atoms with E-state index in [2.05, 4.69) is 5.32 Å². The number of carbonyl (C=O) groups excluding carboxylic acids is 2.